The fourth-order valence-electron chi connectivity index (χ4n) is 5.08. The molecule has 4 rings (SSSR count). The Kier molecular flexibility index (Phi) is 5.97. The highest BCUT2D eigenvalue weighted by Gasteiger charge is 2.47. The van der Waals surface area contributed by atoms with Crippen molar-refractivity contribution in [3.63, 3.8) is 0 Å². The smallest absolute Gasteiger partial charge is 0.234 e. The third kappa shape index (κ3) is 4.21. The average Bonchev–Trinajstić information content (AvgIpc) is 2.97. The molecule has 2 atom stereocenters. The molecule has 0 aromatic carbocycles. The summed E-state index contributed by atoms with van der Waals surface area (Å²) in [6, 6.07) is 4.13. The van der Waals surface area contributed by atoms with E-state index >= 15 is 0 Å². The monoisotopic (exact) mass is 397 g/mol. The van der Waals surface area contributed by atoms with Crippen molar-refractivity contribution in [2.45, 2.75) is 77.2 Å². The minimum atomic E-state index is -0.157. The summed E-state index contributed by atoms with van der Waals surface area (Å²) in [5.41, 5.74) is 1.76. The summed E-state index contributed by atoms with van der Waals surface area (Å²) in [6.07, 6.45) is 11.3. The molecule has 1 aliphatic heterocycles. The van der Waals surface area contributed by atoms with E-state index in [1.165, 1.54) is 24.2 Å². The van der Waals surface area contributed by atoms with E-state index in [1.807, 2.05) is 19.1 Å². The summed E-state index contributed by atoms with van der Waals surface area (Å²) in [7, 11) is 0. The van der Waals surface area contributed by atoms with Crippen molar-refractivity contribution >= 4 is 17.7 Å². The Bertz CT molecular complexity index is 842. The zero-order valence-electron chi connectivity index (χ0n) is 17.3. The standard InChI is InChI=1S/C23H31N3O3/c1-16-11-13-25(20(15-16)24-17-7-3-2-4-8-17)21(27)12-14-26-22(28)18-9-5-6-10-19(18)23(26)29/h11,13,15,17-19H,2-10,12,14H2,1H3. The molecule has 1 aromatic rings. The van der Waals surface area contributed by atoms with Gasteiger partial charge in [0.15, 0.2) is 0 Å². The topological polar surface area (TPSA) is 71.7 Å². The molecule has 2 heterocycles. The van der Waals surface area contributed by atoms with Gasteiger partial charge in [0.2, 0.25) is 17.7 Å². The first kappa shape index (κ1) is 20.0. The highest BCUT2D eigenvalue weighted by molar-refractivity contribution is 6.05. The molecule has 0 bridgehead atoms. The van der Waals surface area contributed by atoms with Gasteiger partial charge in [0.05, 0.1) is 17.9 Å². The molecule has 29 heavy (non-hydrogen) atoms. The molecule has 2 saturated carbocycles. The second-order valence-electron chi connectivity index (χ2n) is 8.82. The van der Waals surface area contributed by atoms with Gasteiger partial charge in [0.25, 0.3) is 0 Å². The van der Waals surface area contributed by atoms with Crippen LogP contribution in [-0.2, 0) is 9.59 Å². The predicted molar refractivity (Wildman–Crippen MR) is 109 cm³/mol. The normalized spacial score (nSPS) is 26.1. The molecule has 2 aliphatic carbocycles. The second-order valence-corrected chi connectivity index (χ2v) is 8.82. The van der Waals surface area contributed by atoms with Gasteiger partial charge in [-0.2, -0.15) is 0 Å². The van der Waals surface area contributed by atoms with Crippen LogP contribution in [0.5, 0.6) is 0 Å². The first-order valence-corrected chi connectivity index (χ1v) is 11.2. The van der Waals surface area contributed by atoms with Crippen molar-refractivity contribution in [1.82, 2.24) is 9.47 Å². The van der Waals surface area contributed by atoms with Crippen LogP contribution in [0.25, 0.3) is 0 Å². The molecule has 2 unspecified atom stereocenters. The van der Waals surface area contributed by atoms with E-state index in [0.717, 1.165) is 44.1 Å². The number of aryl methyl sites for hydroxylation is 1. The van der Waals surface area contributed by atoms with Crippen molar-refractivity contribution in [2.75, 3.05) is 6.54 Å². The molecular formula is C23H31N3O3. The number of pyridine rings is 1. The Morgan fingerprint density at radius 1 is 1.00 bits per heavy atom. The third-order valence-electron chi connectivity index (χ3n) is 6.73. The van der Waals surface area contributed by atoms with E-state index in [0.29, 0.717) is 5.49 Å². The highest BCUT2D eigenvalue weighted by Crippen LogP contribution is 2.37. The summed E-state index contributed by atoms with van der Waals surface area (Å²) in [5.74, 6) is -0.581. The Morgan fingerprint density at radius 3 is 2.28 bits per heavy atom. The number of amides is 2. The van der Waals surface area contributed by atoms with Crippen LogP contribution in [0.3, 0.4) is 0 Å². The van der Waals surface area contributed by atoms with E-state index in [9.17, 15) is 14.4 Å². The van der Waals surface area contributed by atoms with Gasteiger partial charge < -0.3 is 0 Å². The Hall–Kier alpha value is -2.24. The maximum Gasteiger partial charge on any atom is 0.234 e. The maximum atomic E-state index is 13.0. The van der Waals surface area contributed by atoms with Gasteiger partial charge in [0.1, 0.15) is 5.49 Å². The van der Waals surface area contributed by atoms with Crippen molar-refractivity contribution in [3.8, 4) is 0 Å². The summed E-state index contributed by atoms with van der Waals surface area (Å²) in [5, 5.41) is 0. The zero-order chi connectivity index (χ0) is 20.4. The lowest BCUT2D eigenvalue weighted by Crippen LogP contribution is -2.36. The molecule has 6 heteroatoms. The van der Waals surface area contributed by atoms with E-state index in [2.05, 4.69) is 0 Å². The number of rotatable bonds is 4. The molecule has 1 saturated heterocycles. The zero-order valence-corrected chi connectivity index (χ0v) is 17.3. The molecule has 3 fully saturated rings. The van der Waals surface area contributed by atoms with Crippen LogP contribution in [0.4, 0.5) is 0 Å². The molecule has 6 nitrogen and oxygen atoms in total. The number of aromatic nitrogens is 1. The number of imide groups is 1. The number of likely N-dealkylation sites (tertiary alicyclic amines) is 1. The van der Waals surface area contributed by atoms with Crippen LogP contribution < -0.4 is 5.49 Å². The van der Waals surface area contributed by atoms with Crippen LogP contribution >= 0.6 is 0 Å². The van der Waals surface area contributed by atoms with Crippen LogP contribution in [-0.4, -0.2) is 39.8 Å². The highest BCUT2D eigenvalue weighted by atomic mass is 16.2. The first-order chi connectivity index (χ1) is 14.0. The van der Waals surface area contributed by atoms with Crippen molar-refractivity contribution in [3.05, 3.63) is 29.4 Å². The van der Waals surface area contributed by atoms with Gasteiger partial charge in [-0.05, 0) is 50.3 Å². The van der Waals surface area contributed by atoms with Crippen molar-refractivity contribution in [1.29, 1.82) is 0 Å². The van der Waals surface area contributed by atoms with Gasteiger partial charge in [-0.1, -0.05) is 32.1 Å². The van der Waals surface area contributed by atoms with Gasteiger partial charge >= 0.3 is 0 Å². The third-order valence-corrected chi connectivity index (χ3v) is 6.73. The summed E-state index contributed by atoms with van der Waals surface area (Å²) in [6.45, 7) is 2.17. The minimum Gasteiger partial charge on any atom is -0.282 e. The Labute approximate surface area is 172 Å². The molecule has 3 aliphatic rings. The molecule has 0 radical (unpaired) electrons. The molecular weight excluding hydrogens is 366 g/mol. The SMILES string of the molecule is Cc1ccn(C(=O)CCN2C(=O)C3CCCCC3C2=O)c(=NC2CCCCC2)c1. The van der Waals surface area contributed by atoms with Crippen LogP contribution in [0.2, 0.25) is 0 Å². The van der Waals surface area contributed by atoms with Crippen LogP contribution in [0.1, 0.15) is 74.6 Å². The summed E-state index contributed by atoms with van der Waals surface area (Å²) < 4.78 is 1.60. The second kappa shape index (κ2) is 8.64. The summed E-state index contributed by atoms with van der Waals surface area (Å²) >= 11 is 0. The van der Waals surface area contributed by atoms with Crippen molar-refractivity contribution < 1.29 is 14.4 Å². The molecule has 1 aromatic heterocycles. The average molecular weight is 398 g/mol. The maximum absolute atomic E-state index is 13.0. The number of carbonyl (C=O) groups is 3. The number of hydrogen-bond acceptors (Lipinski definition) is 4. The lowest BCUT2D eigenvalue weighted by atomic mass is 9.81. The first-order valence-electron chi connectivity index (χ1n) is 11.2. The molecule has 0 N–H and O–H groups in total. The van der Waals surface area contributed by atoms with E-state index in [-0.39, 0.29) is 48.6 Å². The number of hydrogen-bond donors (Lipinski definition) is 0. The minimum absolute atomic E-state index is 0.0754. The van der Waals surface area contributed by atoms with E-state index < -0.39 is 0 Å². The van der Waals surface area contributed by atoms with Gasteiger partial charge in [0, 0.05) is 19.2 Å². The quantitative estimate of drug-likeness (QED) is 0.732. The largest absolute Gasteiger partial charge is 0.282 e. The van der Waals surface area contributed by atoms with E-state index in [4.69, 9.17) is 4.99 Å². The number of fused-ring (bicyclic) bond motifs is 1. The van der Waals surface area contributed by atoms with E-state index in [1.54, 1.807) is 10.8 Å². The lowest BCUT2D eigenvalue weighted by molar-refractivity contribution is -0.139. The Balaban J connectivity index is 1.48. The number of carbonyl (C=O) groups excluding carboxylic acids is 3. The van der Waals surface area contributed by atoms with Crippen molar-refractivity contribution in [2.24, 2.45) is 16.8 Å². The van der Waals surface area contributed by atoms with Gasteiger partial charge in [-0.3, -0.25) is 28.8 Å². The van der Waals surface area contributed by atoms with Crippen LogP contribution in [0.15, 0.2) is 23.3 Å². The molecule has 2 amide bonds. The van der Waals surface area contributed by atoms with Gasteiger partial charge in [-0.15, -0.1) is 0 Å². The molecule has 0 spiro atoms. The predicted octanol–water partition coefficient (Wildman–Crippen LogP) is 3.24. The summed E-state index contributed by atoms with van der Waals surface area (Å²) in [4.78, 5) is 44.4. The molecule has 156 valence electrons. The van der Waals surface area contributed by atoms with Gasteiger partial charge in [-0.25, -0.2) is 0 Å². The number of nitrogens with zero attached hydrogens (tertiary/aromatic N) is 3. The fourth-order valence-corrected chi connectivity index (χ4v) is 5.08. The Morgan fingerprint density at radius 2 is 1.62 bits per heavy atom. The fraction of sp³-hybridized carbons (Fsp3) is 0.652. The lowest BCUT2D eigenvalue weighted by Gasteiger charge is -2.19. The van der Waals surface area contributed by atoms with Crippen LogP contribution in [0, 0.1) is 18.8 Å².